The van der Waals surface area contributed by atoms with Gasteiger partial charge in [-0.1, -0.05) is 33.1 Å². The molecule has 0 aromatic carbocycles. The molecule has 4 nitrogen and oxygen atoms in total. The van der Waals surface area contributed by atoms with E-state index in [-0.39, 0.29) is 12.0 Å². The van der Waals surface area contributed by atoms with Gasteiger partial charge < -0.3 is 9.64 Å². The predicted octanol–water partition coefficient (Wildman–Crippen LogP) is 2.13. The summed E-state index contributed by atoms with van der Waals surface area (Å²) in [6.07, 6.45) is 6.91. The first kappa shape index (κ1) is 15.3. The molecule has 0 aromatic heterocycles. The minimum absolute atomic E-state index is 0.216. The number of rotatable bonds is 4. The lowest BCUT2D eigenvalue weighted by Crippen LogP contribution is -2.55. The van der Waals surface area contributed by atoms with Crippen LogP contribution < -0.4 is 0 Å². The normalized spacial score (nSPS) is 32.0. The number of morpholine rings is 1. The van der Waals surface area contributed by atoms with Crippen LogP contribution in [0.15, 0.2) is 0 Å². The first-order chi connectivity index (χ1) is 10.1. The number of fused-ring (bicyclic) bond motifs is 1. The van der Waals surface area contributed by atoms with Gasteiger partial charge >= 0.3 is 0 Å². The molecule has 21 heavy (non-hydrogen) atoms. The lowest BCUT2D eigenvalue weighted by atomic mass is 9.88. The van der Waals surface area contributed by atoms with E-state index in [1.807, 2.05) is 0 Å². The second-order valence-electron chi connectivity index (χ2n) is 7.58. The molecule has 0 spiro atoms. The molecule has 1 saturated carbocycles. The molecule has 4 heteroatoms. The highest BCUT2D eigenvalue weighted by atomic mass is 16.5. The van der Waals surface area contributed by atoms with E-state index in [2.05, 4.69) is 23.6 Å². The topological polar surface area (TPSA) is 32.8 Å². The van der Waals surface area contributed by atoms with Crippen molar-refractivity contribution in [3.63, 3.8) is 0 Å². The van der Waals surface area contributed by atoms with Crippen LogP contribution in [0.5, 0.6) is 0 Å². The summed E-state index contributed by atoms with van der Waals surface area (Å²) < 4.78 is 5.81. The number of nitrogens with zero attached hydrogens (tertiary/aromatic N) is 2. The van der Waals surface area contributed by atoms with Crippen molar-refractivity contribution in [2.24, 2.45) is 11.8 Å². The van der Waals surface area contributed by atoms with Gasteiger partial charge in [-0.25, -0.2) is 0 Å². The molecule has 0 N–H and O–H groups in total. The standard InChI is InChI=1S/C17H30N2O2/c1-13(2)8-18-10-15-16(11-18)21-12-17(20)19(15)9-14-6-4-3-5-7-14/h13-16H,3-12H2,1-2H3/t15-,16+/m1/s1. The maximum Gasteiger partial charge on any atom is 0.248 e. The molecule has 2 aliphatic heterocycles. The highest BCUT2D eigenvalue weighted by Gasteiger charge is 2.43. The fraction of sp³-hybridized carbons (Fsp3) is 0.941. The van der Waals surface area contributed by atoms with Crippen molar-refractivity contribution in [1.82, 2.24) is 9.80 Å². The summed E-state index contributed by atoms with van der Waals surface area (Å²) in [5, 5.41) is 0. The van der Waals surface area contributed by atoms with Crippen molar-refractivity contribution in [3.8, 4) is 0 Å². The highest BCUT2D eigenvalue weighted by molar-refractivity contribution is 5.78. The first-order valence-corrected chi connectivity index (χ1v) is 8.77. The summed E-state index contributed by atoms with van der Waals surface area (Å²) >= 11 is 0. The maximum atomic E-state index is 12.3. The number of hydrogen-bond donors (Lipinski definition) is 0. The Balaban J connectivity index is 1.62. The van der Waals surface area contributed by atoms with Crippen molar-refractivity contribution in [2.45, 2.75) is 58.1 Å². The van der Waals surface area contributed by atoms with Gasteiger partial charge in [-0.05, 0) is 24.7 Å². The van der Waals surface area contributed by atoms with Crippen LogP contribution in [-0.4, -0.2) is 60.6 Å². The smallest absolute Gasteiger partial charge is 0.248 e. The monoisotopic (exact) mass is 294 g/mol. The molecule has 1 aliphatic carbocycles. The van der Waals surface area contributed by atoms with E-state index in [1.54, 1.807) is 0 Å². The summed E-state index contributed by atoms with van der Waals surface area (Å²) in [7, 11) is 0. The number of carbonyl (C=O) groups is 1. The van der Waals surface area contributed by atoms with Gasteiger partial charge in [0.05, 0.1) is 12.1 Å². The van der Waals surface area contributed by atoms with E-state index < -0.39 is 0 Å². The molecular formula is C17H30N2O2. The molecule has 2 atom stereocenters. The third-order valence-electron chi connectivity index (χ3n) is 5.26. The van der Waals surface area contributed by atoms with E-state index in [4.69, 9.17) is 4.74 Å². The third-order valence-corrected chi connectivity index (χ3v) is 5.26. The Bertz CT molecular complexity index is 366. The SMILES string of the molecule is CC(C)CN1C[C@@H]2OCC(=O)N(CC3CCCCC3)[C@@H]2C1. The zero-order chi connectivity index (χ0) is 14.8. The van der Waals surface area contributed by atoms with Crippen LogP contribution in [-0.2, 0) is 9.53 Å². The lowest BCUT2D eigenvalue weighted by molar-refractivity contribution is -0.154. The van der Waals surface area contributed by atoms with Crippen molar-refractivity contribution < 1.29 is 9.53 Å². The van der Waals surface area contributed by atoms with Gasteiger partial charge in [0.2, 0.25) is 5.91 Å². The Morgan fingerprint density at radius 1 is 1.19 bits per heavy atom. The quantitative estimate of drug-likeness (QED) is 0.796. The van der Waals surface area contributed by atoms with E-state index >= 15 is 0 Å². The Morgan fingerprint density at radius 3 is 2.67 bits per heavy atom. The predicted molar refractivity (Wildman–Crippen MR) is 83.1 cm³/mol. The van der Waals surface area contributed by atoms with Crippen molar-refractivity contribution in [2.75, 3.05) is 32.8 Å². The third kappa shape index (κ3) is 3.59. The Labute approximate surface area is 128 Å². The van der Waals surface area contributed by atoms with Crippen LogP contribution in [0, 0.1) is 11.8 Å². The molecule has 0 unspecified atom stereocenters. The minimum atomic E-state index is 0.216. The fourth-order valence-corrected chi connectivity index (χ4v) is 4.29. The van der Waals surface area contributed by atoms with Gasteiger partial charge in [-0.15, -0.1) is 0 Å². The zero-order valence-corrected chi connectivity index (χ0v) is 13.6. The van der Waals surface area contributed by atoms with Crippen LogP contribution in [0.25, 0.3) is 0 Å². The van der Waals surface area contributed by atoms with Gasteiger partial charge in [0.25, 0.3) is 0 Å². The van der Waals surface area contributed by atoms with Crippen molar-refractivity contribution >= 4 is 5.91 Å². The summed E-state index contributed by atoms with van der Waals surface area (Å²) in [6, 6.07) is 0.298. The van der Waals surface area contributed by atoms with Crippen LogP contribution in [0.3, 0.4) is 0 Å². The van der Waals surface area contributed by atoms with Gasteiger partial charge in [0.1, 0.15) is 6.61 Å². The van der Waals surface area contributed by atoms with Crippen LogP contribution in [0.1, 0.15) is 46.0 Å². The fourth-order valence-electron chi connectivity index (χ4n) is 4.29. The summed E-state index contributed by atoms with van der Waals surface area (Å²) in [4.78, 5) is 17.0. The number of ether oxygens (including phenoxy) is 1. The molecule has 120 valence electrons. The highest BCUT2D eigenvalue weighted by Crippen LogP contribution is 2.29. The molecular weight excluding hydrogens is 264 g/mol. The summed E-state index contributed by atoms with van der Waals surface area (Å²) in [5.41, 5.74) is 0. The molecule has 0 radical (unpaired) electrons. The van der Waals surface area contributed by atoms with Crippen molar-refractivity contribution in [3.05, 3.63) is 0 Å². The van der Waals surface area contributed by atoms with E-state index in [0.717, 1.165) is 32.1 Å². The zero-order valence-electron chi connectivity index (χ0n) is 13.6. The average Bonchev–Trinajstić information content (AvgIpc) is 2.85. The largest absolute Gasteiger partial charge is 0.365 e. The minimum Gasteiger partial charge on any atom is -0.365 e. The lowest BCUT2D eigenvalue weighted by Gasteiger charge is -2.39. The van der Waals surface area contributed by atoms with Crippen LogP contribution in [0.4, 0.5) is 0 Å². The van der Waals surface area contributed by atoms with E-state index in [9.17, 15) is 4.79 Å². The molecule has 2 heterocycles. The molecule has 3 fully saturated rings. The van der Waals surface area contributed by atoms with Gasteiger partial charge in [0.15, 0.2) is 0 Å². The van der Waals surface area contributed by atoms with Crippen LogP contribution in [0.2, 0.25) is 0 Å². The molecule has 0 bridgehead atoms. The Morgan fingerprint density at radius 2 is 1.95 bits per heavy atom. The van der Waals surface area contributed by atoms with Crippen molar-refractivity contribution in [1.29, 1.82) is 0 Å². The second kappa shape index (κ2) is 6.66. The second-order valence-corrected chi connectivity index (χ2v) is 7.58. The Hall–Kier alpha value is -0.610. The molecule has 2 saturated heterocycles. The van der Waals surface area contributed by atoms with Gasteiger partial charge in [-0.2, -0.15) is 0 Å². The molecule has 1 amide bonds. The Kier molecular flexibility index (Phi) is 4.85. The van der Waals surface area contributed by atoms with Gasteiger partial charge in [-0.3, -0.25) is 9.69 Å². The van der Waals surface area contributed by atoms with E-state index in [1.165, 1.54) is 32.1 Å². The molecule has 3 aliphatic rings. The molecule has 0 aromatic rings. The number of hydrogen-bond acceptors (Lipinski definition) is 3. The first-order valence-electron chi connectivity index (χ1n) is 8.77. The number of carbonyl (C=O) groups excluding carboxylic acids is 1. The average molecular weight is 294 g/mol. The molecule has 3 rings (SSSR count). The van der Waals surface area contributed by atoms with Gasteiger partial charge in [0, 0.05) is 26.2 Å². The maximum absolute atomic E-state index is 12.3. The van der Waals surface area contributed by atoms with Crippen LogP contribution >= 0.6 is 0 Å². The summed E-state index contributed by atoms with van der Waals surface area (Å²) in [5.74, 6) is 1.61. The van der Waals surface area contributed by atoms with E-state index in [0.29, 0.717) is 18.6 Å². The summed E-state index contributed by atoms with van der Waals surface area (Å²) in [6.45, 7) is 8.89. The number of amides is 1. The number of likely N-dealkylation sites (tertiary alicyclic amines) is 1.